The van der Waals surface area contributed by atoms with Crippen molar-refractivity contribution in [3.63, 3.8) is 0 Å². The number of hydrogen-bond acceptors (Lipinski definition) is 2. The maximum absolute atomic E-state index is 5.73. The summed E-state index contributed by atoms with van der Waals surface area (Å²) in [6, 6.07) is 3.74. The van der Waals surface area contributed by atoms with Gasteiger partial charge in [-0.2, -0.15) is 0 Å². The van der Waals surface area contributed by atoms with Crippen molar-refractivity contribution in [3.05, 3.63) is 23.4 Å². The van der Waals surface area contributed by atoms with Gasteiger partial charge in [0.2, 0.25) is 0 Å². The van der Waals surface area contributed by atoms with Crippen LogP contribution in [0.4, 0.5) is 5.82 Å². The van der Waals surface area contributed by atoms with Gasteiger partial charge in [0.15, 0.2) is 0 Å². The van der Waals surface area contributed by atoms with Crippen LogP contribution >= 0.6 is 23.2 Å². The number of hydrogen-bond donors (Lipinski definition) is 0. The summed E-state index contributed by atoms with van der Waals surface area (Å²) in [5.74, 6) is 1.53. The van der Waals surface area contributed by atoms with Crippen molar-refractivity contribution in [1.82, 2.24) is 4.98 Å². The average molecular weight is 219 g/mol. The van der Waals surface area contributed by atoms with E-state index in [1.54, 1.807) is 6.20 Å². The monoisotopic (exact) mass is 218 g/mol. The Balaban J connectivity index is 2.73. The highest BCUT2D eigenvalue weighted by atomic mass is 35.5. The smallest absolute Gasteiger partial charge is 0.128 e. The minimum absolute atomic E-state index is 0.609. The summed E-state index contributed by atoms with van der Waals surface area (Å²) < 4.78 is 0. The Morgan fingerprint density at radius 3 is 2.69 bits per heavy atom. The van der Waals surface area contributed by atoms with Gasteiger partial charge in [0.25, 0.3) is 0 Å². The topological polar surface area (TPSA) is 16.1 Å². The van der Waals surface area contributed by atoms with Crippen LogP contribution in [0, 0.1) is 0 Å². The lowest BCUT2D eigenvalue weighted by molar-refractivity contribution is 0.850. The summed E-state index contributed by atoms with van der Waals surface area (Å²) >= 11 is 11.4. The summed E-state index contributed by atoms with van der Waals surface area (Å²) in [4.78, 5) is 6.30. The number of nitrogens with zero attached hydrogens (tertiary/aromatic N) is 2. The van der Waals surface area contributed by atoms with Crippen LogP contribution in [-0.2, 0) is 0 Å². The highest BCUT2D eigenvalue weighted by Crippen LogP contribution is 2.13. The molecule has 1 heterocycles. The van der Waals surface area contributed by atoms with Crippen molar-refractivity contribution in [1.29, 1.82) is 0 Å². The van der Waals surface area contributed by atoms with E-state index in [1.807, 2.05) is 12.1 Å². The first-order valence-electron chi connectivity index (χ1n) is 4.20. The second kappa shape index (κ2) is 5.30. The molecule has 2 nitrogen and oxygen atoms in total. The summed E-state index contributed by atoms with van der Waals surface area (Å²) in [5, 5.41) is 0.658. The van der Waals surface area contributed by atoms with Crippen LogP contribution in [0.2, 0.25) is 5.02 Å². The Bertz CT molecular complexity index is 248. The van der Waals surface area contributed by atoms with Crippen LogP contribution in [0.15, 0.2) is 18.3 Å². The van der Waals surface area contributed by atoms with Gasteiger partial charge in [0.1, 0.15) is 5.82 Å². The third-order valence-corrected chi connectivity index (χ3v) is 2.16. The zero-order valence-electron chi connectivity index (χ0n) is 7.50. The maximum Gasteiger partial charge on any atom is 0.128 e. The summed E-state index contributed by atoms with van der Waals surface area (Å²) in [6.45, 7) is 3.79. The lowest BCUT2D eigenvalue weighted by Gasteiger charge is -2.20. The molecule has 0 fully saturated rings. The second-order valence-corrected chi connectivity index (χ2v) is 3.42. The Morgan fingerprint density at radius 1 is 1.46 bits per heavy atom. The van der Waals surface area contributed by atoms with Crippen LogP contribution in [0.25, 0.3) is 0 Å². The lowest BCUT2D eigenvalue weighted by atomic mass is 10.4. The molecule has 0 aliphatic carbocycles. The molecule has 72 valence electrons. The van der Waals surface area contributed by atoms with Crippen LogP contribution < -0.4 is 4.90 Å². The zero-order chi connectivity index (χ0) is 9.68. The number of alkyl halides is 1. The molecular weight excluding hydrogens is 207 g/mol. The van der Waals surface area contributed by atoms with Gasteiger partial charge >= 0.3 is 0 Å². The fraction of sp³-hybridized carbons (Fsp3) is 0.444. The second-order valence-electron chi connectivity index (χ2n) is 2.60. The third kappa shape index (κ3) is 3.05. The van der Waals surface area contributed by atoms with E-state index in [0.717, 1.165) is 18.9 Å². The van der Waals surface area contributed by atoms with Crippen LogP contribution in [0.1, 0.15) is 6.92 Å². The third-order valence-electron chi connectivity index (χ3n) is 1.77. The first-order chi connectivity index (χ1) is 6.27. The number of anilines is 1. The van der Waals surface area contributed by atoms with Gasteiger partial charge in [-0.1, -0.05) is 11.6 Å². The molecule has 0 aliphatic heterocycles. The van der Waals surface area contributed by atoms with Crippen molar-refractivity contribution in [3.8, 4) is 0 Å². The molecule has 1 aromatic heterocycles. The number of halogens is 2. The molecule has 1 aromatic rings. The molecule has 0 amide bonds. The van der Waals surface area contributed by atoms with Gasteiger partial charge < -0.3 is 4.90 Å². The fourth-order valence-electron chi connectivity index (χ4n) is 1.09. The molecule has 0 N–H and O–H groups in total. The van der Waals surface area contributed by atoms with Crippen molar-refractivity contribution in [2.45, 2.75) is 6.92 Å². The lowest BCUT2D eigenvalue weighted by Crippen LogP contribution is -2.25. The Hall–Kier alpha value is -0.470. The predicted octanol–water partition coefficient (Wildman–Crippen LogP) is 2.80. The highest BCUT2D eigenvalue weighted by Gasteiger charge is 2.03. The number of rotatable bonds is 4. The highest BCUT2D eigenvalue weighted by molar-refractivity contribution is 6.30. The largest absolute Gasteiger partial charge is 0.356 e. The molecule has 0 saturated heterocycles. The zero-order valence-corrected chi connectivity index (χ0v) is 9.02. The summed E-state index contributed by atoms with van der Waals surface area (Å²) in [5.41, 5.74) is 0. The summed E-state index contributed by atoms with van der Waals surface area (Å²) in [6.07, 6.45) is 1.65. The molecule has 4 heteroatoms. The van der Waals surface area contributed by atoms with Crippen molar-refractivity contribution >= 4 is 29.0 Å². The quantitative estimate of drug-likeness (QED) is 0.724. The maximum atomic E-state index is 5.73. The van der Waals surface area contributed by atoms with Crippen LogP contribution in [0.5, 0.6) is 0 Å². The SMILES string of the molecule is CCN(CCCl)c1ccc(Cl)cn1. The predicted molar refractivity (Wildman–Crippen MR) is 57.9 cm³/mol. The standard InChI is InChI=1S/C9H12Cl2N2/c1-2-13(6-5-10)9-4-3-8(11)7-12-9/h3-4,7H,2,5-6H2,1H3. The van der Waals surface area contributed by atoms with Gasteiger partial charge in [0.05, 0.1) is 5.02 Å². The minimum Gasteiger partial charge on any atom is -0.356 e. The molecule has 13 heavy (non-hydrogen) atoms. The first-order valence-corrected chi connectivity index (χ1v) is 5.11. The molecule has 0 unspecified atom stereocenters. The van der Waals surface area contributed by atoms with Gasteiger partial charge in [-0.15, -0.1) is 11.6 Å². The van der Waals surface area contributed by atoms with Crippen LogP contribution in [0.3, 0.4) is 0 Å². The molecule has 0 aromatic carbocycles. The molecule has 0 spiro atoms. The molecule has 0 bridgehead atoms. The average Bonchev–Trinajstić information content (AvgIpc) is 2.16. The van der Waals surface area contributed by atoms with E-state index in [0.29, 0.717) is 10.9 Å². The Morgan fingerprint density at radius 2 is 2.23 bits per heavy atom. The van der Waals surface area contributed by atoms with E-state index in [4.69, 9.17) is 23.2 Å². The molecule has 1 rings (SSSR count). The van der Waals surface area contributed by atoms with E-state index in [-0.39, 0.29) is 0 Å². The molecular formula is C9H12Cl2N2. The van der Waals surface area contributed by atoms with Crippen molar-refractivity contribution < 1.29 is 0 Å². The van der Waals surface area contributed by atoms with E-state index < -0.39 is 0 Å². The Labute approximate surface area is 88.5 Å². The normalized spacial score (nSPS) is 10.1. The van der Waals surface area contributed by atoms with E-state index in [2.05, 4.69) is 16.8 Å². The van der Waals surface area contributed by atoms with Gasteiger partial charge in [-0.05, 0) is 19.1 Å². The van der Waals surface area contributed by atoms with Crippen LogP contribution in [-0.4, -0.2) is 24.0 Å². The van der Waals surface area contributed by atoms with Crippen molar-refractivity contribution in [2.24, 2.45) is 0 Å². The number of aromatic nitrogens is 1. The Kier molecular flexibility index (Phi) is 4.33. The fourth-order valence-corrected chi connectivity index (χ4v) is 1.41. The molecule has 0 radical (unpaired) electrons. The molecule has 0 aliphatic rings. The van der Waals surface area contributed by atoms with E-state index in [9.17, 15) is 0 Å². The van der Waals surface area contributed by atoms with Gasteiger partial charge in [-0.25, -0.2) is 4.98 Å². The van der Waals surface area contributed by atoms with Crippen molar-refractivity contribution in [2.75, 3.05) is 23.9 Å². The molecule has 0 saturated carbocycles. The summed E-state index contributed by atoms with van der Waals surface area (Å²) in [7, 11) is 0. The molecule has 0 atom stereocenters. The first kappa shape index (κ1) is 10.6. The van der Waals surface area contributed by atoms with E-state index in [1.165, 1.54) is 0 Å². The van der Waals surface area contributed by atoms with Gasteiger partial charge in [0, 0.05) is 25.2 Å². The van der Waals surface area contributed by atoms with E-state index >= 15 is 0 Å². The minimum atomic E-state index is 0.609. The van der Waals surface area contributed by atoms with Gasteiger partial charge in [-0.3, -0.25) is 0 Å². The number of pyridine rings is 1.